The Bertz CT molecular complexity index is 1980. The predicted octanol–water partition coefficient (Wildman–Crippen LogP) is 5.47. The fourth-order valence-electron chi connectivity index (χ4n) is 6.86. The number of ether oxygens (including phenoxy) is 2. The summed E-state index contributed by atoms with van der Waals surface area (Å²) in [5.41, 5.74) is 2.41. The highest BCUT2D eigenvalue weighted by Gasteiger charge is 2.44. The van der Waals surface area contributed by atoms with E-state index in [9.17, 15) is 19.5 Å². The van der Waals surface area contributed by atoms with Crippen molar-refractivity contribution in [1.29, 1.82) is 0 Å². The number of aromatic nitrogens is 3. The van der Waals surface area contributed by atoms with Gasteiger partial charge in [0.15, 0.2) is 0 Å². The van der Waals surface area contributed by atoms with Gasteiger partial charge in [0, 0.05) is 56.4 Å². The predicted molar refractivity (Wildman–Crippen MR) is 215 cm³/mol. The summed E-state index contributed by atoms with van der Waals surface area (Å²) in [4.78, 5) is 54.0. The number of likely N-dealkylation sites (tertiary alicyclic amines) is 1. The van der Waals surface area contributed by atoms with Crippen LogP contribution in [0, 0.1) is 0 Å². The second-order valence-electron chi connectivity index (χ2n) is 14.4. The van der Waals surface area contributed by atoms with E-state index in [4.69, 9.17) is 32.7 Å². The number of carbonyl (C=O) groups is 3. The second kappa shape index (κ2) is 18.9. The van der Waals surface area contributed by atoms with E-state index in [1.54, 1.807) is 55.5 Å². The molecule has 2 aromatic carbocycles. The maximum Gasteiger partial charge on any atom is 0.407 e. The van der Waals surface area contributed by atoms with Gasteiger partial charge in [0.05, 0.1) is 48.5 Å². The van der Waals surface area contributed by atoms with Crippen LogP contribution in [0.25, 0.3) is 11.4 Å². The topological polar surface area (TPSA) is 154 Å². The zero-order valence-corrected chi connectivity index (χ0v) is 34.1. The lowest BCUT2D eigenvalue weighted by molar-refractivity contribution is -0.144. The molecule has 1 unspecified atom stereocenters. The quantitative estimate of drug-likeness (QED) is 0.133. The number of pyridine rings is 1. The van der Waals surface area contributed by atoms with Gasteiger partial charge in [-0.2, -0.15) is 0 Å². The first-order valence-corrected chi connectivity index (χ1v) is 19.1. The molecule has 0 radical (unpaired) electrons. The third kappa shape index (κ3) is 10.6. The van der Waals surface area contributed by atoms with E-state index in [0.717, 1.165) is 28.3 Å². The molecule has 300 valence electrons. The van der Waals surface area contributed by atoms with Gasteiger partial charge in [-0.05, 0) is 82.2 Å². The largest absolute Gasteiger partial charge is 0.465 e. The molecule has 0 saturated carbocycles. The number of likely N-dealkylation sites (N-methyl/N-ethyl adjacent to an activating group) is 1. The number of hydrogen-bond donors (Lipinski definition) is 3. The Morgan fingerprint density at radius 3 is 2.41 bits per heavy atom. The van der Waals surface area contributed by atoms with E-state index in [2.05, 4.69) is 25.5 Å². The minimum absolute atomic E-state index is 0.0822. The van der Waals surface area contributed by atoms with Crippen LogP contribution in [0.2, 0.25) is 10.0 Å². The summed E-state index contributed by atoms with van der Waals surface area (Å²) < 4.78 is 13.6. The van der Waals surface area contributed by atoms with Crippen LogP contribution in [0.15, 0.2) is 67.0 Å². The maximum absolute atomic E-state index is 14.2. The molecule has 1 aliphatic heterocycles. The minimum atomic E-state index is -1.05. The van der Waals surface area contributed by atoms with Crippen molar-refractivity contribution < 1.29 is 29.0 Å². The molecule has 14 nitrogen and oxygen atoms in total. The highest BCUT2D eigenvalue weighted by molar-refractivity contribution is 6.31. The lowest BCUT2D eigenvalue weighted by Gasteiger charge is -2.48. The fraction of sp³-hybridized carbons (Fsp3) is 0.425. The summed E-state index contributed by atoms with van der Waals surface area (Å²) in [5, 5.41) is 17.0. The van der Waals surface area contributed by atoms with Crippen molar-refractivity contribution in [2.24, 2.45) is 7.05 Å². The number of benzene rings is 2. The molecule has 1 fully saturated rings. The molecule has 1 aliphatic rings. The van der Waals surface area contributed by atoms with E-state index in [1.165, 1.54) is 12.0 Å². The van der Waals surface area contributed by atoms with Crippen LogP contribution in [0.4, 0.5) is 4.79 Å². The Balaban J connectivity index is 1.25. The molecule has 0 aliphatic carbocycles. The SMILES string of the molecule is COC[C@H](NC(=O)[C@H](C)NCc1ccc(Cl)cc1Oc1ccc(-c2cnc(CN(C)C)n2C)nc1)C(=O)N(C)C1(Cc2ccc(Cl)cc2)CCCN(C(=O)O)C1. The molecule has 2 aromatic heterocycles. The van der Waals surface area contributed by atoms with Gasteiger partial charge in [0.1, 0.15) is 23.4 Å². The van der Waals surface area contributed by atoms with Crippen molar-refractivity contribution in [1.82, 2.24) is 39.9 Å². The molecule has 0 spiro atoms. The van der Waals surface area contributed by atoms with E-state index < -0.39 is 29.6 Å². The van der Waals surface area contributed by atoms with Crippen molar-refractivity contribution in [3.05, 3.63) is 94.0 Å². The molecule has 56 heavy (non-hydrogen) atoms. The Morgan fingerprint density at radius 1 is 1.02 bits per heavy atom. The zero-order valence-electron chi connectivity index (χ0n) is 32.6. The van der Waals surface area contributed by atoms with E-state index >= 15 is 0 Å². The van der Waals surface area contributed by atoms with Crippen molar-refractivity contribution in [2.75, 3.05) is 47.9 Å². The minimum Gasteiger partial charge on any atom is -0.465 e. The van der Waals surface area contributed by atoms with Crippen LogP contribution in [0.1, 0.15) is 36.7 Å². The highest BCUT2D eigenvalue weighted by Crippen LogP contribution is 2.33. The molecule has 1 saturated heterocycles. The molecule has 5 rings (SSSR count). The summed E-state index contributed by atoms with van der Waals surface area (Å²) in [6, 6.07) is 14.5. The summed E-state index contributed by atoms with van der Waals surface area (Å²) in [5.74, 6) is 1.10. The average molecular weight is 810 g/mol. The molecular weight excluding hydrogens is 759 g/mol. The number of nitrogens with zero attached hydrogens (tertiary/aromatic N) is 6. The average Bonchev–Trinajstić information content (AvgIpc) is 3.53. The summed E-state index contributed by atoms with van der Waals surface area (Å²) >= 11 is 12.5. The summed E-state index contributed by atoms with van der Waals surface area (Å²) in [7, 11) is 9.06. The van der Waals surface area contributed by atoms with E-state index in [1.807, 2.05) is 56.0 Å². The number of imidazole rings is 1. The van der Waals surface area contributed by atoms with Gasteiger partial charge in [0.25, 0.3) is 0 Å². The lowest BCUT2D eigenvalue weighted by atomic mass is 9.81. The molecule has 4 aromatic rings. The van der Waals surface area contributed by atoms with Crippen molar-refractivity contribution in [3.63, 3.8) is 0 Å². The number of piperidine rings is 1. The Labute approximate surface area is 337 Å². The summed E-state index contributed by atoms with van der Waals surface area (Å²) in [6.45, 7) is 3.05. The van der Waals surface area contributed by atoms with Crippen molar-refractivity contribution in [3.8, 4) is 22.9 Å². The van der Waals surface area contributed by atoms with E-state index in [-0.39, 0.29) is 25.6 Å². The van der Waals surface area contributed by atoms with Gasteiger partial charge in [-0.25, -0.2) is 9.78 Å². The van der Waals surface area contributed by atoms with Crippen LogP contribution >= 0.6 is 23.2 Å². The first-order valence-electron chi connectivity index (χ1n) is 18.3. The standard InChI is InChI=1S/C40H50Cl2N8O6/c1-26(43-20-28-10-13-30(42)18-35(28)56-31-14-15-32(44-21-31)34-22-45-36(48(34)4)23-47(2)3)37(51)46-33(24-55-6)38(52)49(5)40(16-7-17-50(25-40)39(53)54)19-27-8-11-29(41)12-9-27/h8-15,18,21-22,26,33,43H,7,16-17,19-20,23-25H2,1-6H3,(H,46,51)(H,53,54)/t26-,33-,40?/m0/s1. The van der Waals surface area contributed by atoms with Gasteiger partial charge >= 0.3 is 6.09 Å². The first kappa shape index (κ1) is 42.4. The number of rotatable bonds is 16. The van der Waals surface area contributed by atoms with Crippen LogP contribution < -0.4 is 15.4 Å². The number of carbonyl (C=O) groups excluding carboxylic acids is 2. The maximum atomic E-state index is 14.2. The normalized spacial score (nSPS) is 16.7. The fourth-order valence-corrected chi connectivity index (χ4v) is 7.15. The number of halogens is 2. The molecule has 16 heteroatoms. The number of nitrogens with one attached hydrogen (secondary N) is 2. The zero-order chi connectivity index (χ0) is 40.6. The molecular formula is C40H50Cl2N8O6. The lowest BCUT2D eigenvalue weighted by Crippen LogP contribution is -2.64. The Morgan fingerprint density at radius 2 is 1.75 bits per heavy atom. The van der Waals surface area contributed by atoms with Crippen LogP contribution in [-0.2, 0) is 40.9 Å². The van der Waals surface area contributed by atoms with Crippen LogP contribution in [-0.4, -0.2) is 118 Å². The van der Waals surface area contributed by atoms with E-state index in [0.29, 0.717) is 53.9 Å². The third-order valence-corrected chi connectivity index (χ3v) is 10.5. The molecule has 3 N–H and O–H groups in total. The monoisotopic (exact) mass is 808 g/mol. The van der Waals surface area contributed by atoms with Gasteiger partial charge in [-0.3, -0.25) is 14.6 Å². The van der Waals surface area contributed by atoms with Gasteiger partial charge in [-0.1, -0.05) is 41.4 Å². The first-order chi connectivity index (χ1) is 26.7. The highest BCUT2D eigenvalue weighted by atomic mass is 35.5. The molecule has 3 atom stereocenters. The molecule has 3 amide bonds. The van der Waals surface area contributed by atoms with Crippen molar-refractivity contribution >= 4 is 41.1 Å². The molecule has 3 heterocycles. The molecule has 0 bridgehead atoms. The van der Waals surface area contributed by atoms with Gasteiger partial charge < -0.3 is 44.5 Å². The van der Waals surface area contributed by atoms with Gasteiger partial charge in [0.2, 0.25) is 11.8 Å². The number of hydrogen-bond acceptors (Lipinski definition) is 9. The second-order valence-corrected chi connectivity index (χ2v) is 15.3. The smallest absolute Gasteiger partial charge is 0.407 e. The Kier molecular flexibility index (Phi) is 14.3. The third-order valence-electron chi connectivity index (χ3n) is 10.1. The van der Waals surface area contributed by atoms with Crippen LogP contribution in [0.5, 0.6) is 11.5 Å². The number of methoxy groups -OCH3 is 1. The van der Waals surface area contributed by atoms with Gasteiger partial charge in [-0.15, -0.1) is 0 Å². The number of carboxylic acid groups (broad SMARTS) is 1. The number of amides is 3. The summed E-state index contributed by atoms with van der Waals surface area (Å²) in [6.07, 6.45) is 3.93. The van der Waals surface area contributed by atoms with Crippen molar-refractivity contribution in [2.45, 2.75) is 56.9 Å². The Hall–Kier alpha value is -4.73. The van der Waals surface area contributed by atoms with Crippen LogP contribution in [0.3, 0.4) is 0 Å².